The molecule has 3 nitrogen and oxygen atoms in total. The molecule has 0 saturated carbocycles. The van der Waals surface area contributed by atoms with Crippen LogP contribution < -0.4 is 5.73 Å². The topological polar surface area (TPSA) is 63.3 Å². The number of aliphatic hydroxyl groups is 1. The van der Waals surface area contributed by atoms with E-state index in [4.69, 9.17) is 10.8 Å². The second-order valence-corrected chi connectivity index (χ2v) is 4.52. The van der Waals surface area contributed by atoms with Gasteiger partial charge in [-0.1, -0.05) is 51.9 Å². The molecule has 0 heterocycles. The Labute approximate surface area is 99.4 Å². The van der Waals surface area contributed by atoms with E-state index in [2.05, 4.69) is 6.92 Å². The predicted molar refractivity (Wildman–Crippen MR) is 67.0 cm³/mol. The summed E-state index contributed by atoms with van der Waals surface area (Å²) in [5, 5.41) is 8.78. The maximum absolute atomic E-state index is 11.0. The lowest BCUT2D eigenvalue weighted by molar-refractivity contribution is -0.122. The Morgan fingerprint density at radius 2 is 1.62 bits per heavy atom. The zero-order chi connectivity index (χ0) is 12.2. The third-order valence-corrected chi connectivity index (χ3v) is 3.04. The lowest BCUT2D eigenvalue weighted by atomic mass is 9.97. The van der Waals surface area contributed by atoms with Crippen LogP contribution in [0.25, 0.3) is 0 Å². The Hall–Kier alpha value is -0.570. The summed E-state index contributed by atoms with van der Waals surface area (Å²) in [5.41, 5.74) is 5.25. The average Bonchev–Trinajstić information content (AvgIpc) is 2.26. The summed E-state index contributed by atoms with van der Waals surface area (Å²) in [6, 6.07) is 0. The van der Waals surface area contributed by atoms with Gasteiger partial charge in [0, 0.05) is 12.5 Å². The predicted octanol–water partition coefficient (Wildman–Crippen LogP) is 2.61. The summed E-state index contributed by atoms with van der Waals surface area (Å²) in [5.74, 6) is -0.388. The van der Waals surface area contributed by atoms with Gasteiger partial charge in [0.25, 0.3) is 0 Å². The summed E-state index contributed by atoms with van der Waals surface area (Å²) >= 11 is 0. The molecule has 0 spiro atoms. The minimum absolute atomic E-state index is 0.0596. The van der Waals surface area contributed by atoms with Gasteiger partial charge < -0.3 is 10.8 Å². The van der Waals surface area contributed by atoms with Gasteiger partial charge in [-0.15, -0.1) is 0 Å². The summed E-state index contributed by atoms with van der Waals surface area (Å²) in [6.45, 7) is 2.27. The van der Waals surface area contributed by atoms with Gasteiger partial charge in [0.1, 0.15) is 0 Å². The van der Waals surface area contributed by atoms with Crippen LogP contribution in [-0.2, 0) is 4.79 Å². The van der Waals surface area contributed by atoms with Gasteiger partial charge in [0.2, 0.25) is 5.91 Å². The minimum atomic E-state index is -0.264. The van der Waals surface area contributed by atoms with Crippen molar-refractivity contribution in [2.45, 2.75) is 64.7 Å². The Morgan fingerprint density at radius 1 is 1.06 bits per heavy atom. The number of hydrogen-bond donors (Lipinski definition) is 2. The maximum atomic E-state index is 11.0. The van der Waals surface area contributed by atoms with Crippen molar-refractivity contribution in [3.05, 3.63) is 0 Å². The molecule has 3 N–H and O–H groups in total. The fraction of sp³-hybridized carbons (Fsp3) is 0.923. The molecule has 0 aliphatic carbocycles. The van der Waals surface area contributed by atoms with E-state index in [1.54, 1.807) is 0 Å². The highest BCUT2D eigenvalue weighted by Crippen LogP contribution is 2.14. The molecule has 1 atom stereocenters. The van der Waals surface area contributed by atoms with E-state index >= 15 is 0 Å². The van der Waals surface area contributed by atoms with Crippen molar-refractivity contribution in [3.8, 4) is 0 Å². The van der Waals surface area contributed by atoms with E-state index in [0.717, 1.165) is 12.8 Å². The molecule has 0 saturated heterocycles. The number of primary amides is 1. The molecule has 0 aliphatic heterocycles. The van der Waals surface area contributed by atoms with Gasteiger partial charge in [-0.25, -0.2) is 0 Å². The molecule has 0 aromatic rings. The molecule has 3 heteroatoms. The Bertz CT molecular complexity index is 171. The van der Waals surface area contributed by atoms with E-state index in [1.807, 2.05) is 0 Å². The number of hydrogen-bond acceptors (Lipinski definition) is 2. The second kappa shape index (κ2) is 10.9. The molecule has 1 amide bonds. The van der Waals surface area contributed by atoms with Crippen LogP contribution in [0.5, 0.6) is 0 Å². The van der Waals surface area contributed by atoms with E-state index in [-0.39, 0.29) is 18.4 Å². The van der Waals surface area contributed by atoms with E-state index in [1.165, 1.54) is 38.5 Å². The third kappa shape index (κ3) is 8.72. The molecular formula is C13H27NO2. The number of amides is 1. The zero-order valence-corrected chi connectivity index (χ0v) is 10.6. The van der Waals surface area contributed by atoms with Gasteiger partial charge >= 0.3 is 0 Å². The zero-order valence-electron chi connectivity index (χ0n) is 10.6. The highest BCUT2D eigenvalue weighted by atomic mass is 16.3. The monoisotopic (exact) mass is 229 g/mol. The van der Waals surface area contributed by atoms with Crippen molar-refractivity contribution < 1.29 is 9.90 Å². The first kappa shape index (κ1) is 15.4. The summed E-state index contributed by atoms with van der Waals surface area (Å²) in [6.07, 6.45) is 10.1. The number of rotatable bonds is 11. The SMILES string of the molecule is CCCCCCCCCC(CCO)C(N)=O. The highest BCUT2D eigenvalue weighted by Gasteiger charge is 2.13. The molecule has 0 aromatic carbocycles. The molecule has 96 valence electrons. The molecule has 0 bridgehead atoms. The quantitative estimate of drug-likeness (QED) is 0.535. The average molecular weight is 229 g/mol. The van der Waals surface area contributed by atoms with Crippen LogP contribution in [0.2, 0.25) is 0 Å². The first-order chi connectivity index (χ1) is 7.72. The summed E-state index contributed by atoms with van der Waals surface area (Å²) in [4.78, 5) is 11.0. The minimum Gasteiger partial charge on any atom is -0.396 e. The van der Waals surface area contributed by atoms with Crippen LogP contribution >= 0.6 is 0 Å². The number of aliphatic hydroxyl groups excluding tert-OH is 1. The maximum Gasteiger partial charge on any atom is 0.220 e. The standard InChI is InChI=1S/C13H27NO2/c1-2-3-4-5-6-7-8-9-12(10-11-15)13(14)16/h12,15H,2-11H2,1H3,(H2,14,16). The molecule has 0 fully saturated rings. The van der Waals surface area contributed by atoms with Crippen LogP contribution in [0.4, 0.5) is 0 Å². The van der Waals surface area contributed by atoms with E-state index in [9.17, 15) is 4.79 Å². The van der Waals surface area contributed by atoms with Gasteiger partial charge in [0.05, 0.1) is 0 Å². The fourth-order valence-electron chi connectivity index (χ4n) is 1.93. The normalized spacial score (nSPS) is 12.6. The van der Waals surface area contributed by atoms with Crippen molar-refractivity contribution >= 4 is 5.91 Å². The van der Waals surface area contributed by atoms with E-state index < -0.39 is 0 Å². The van der Waals surface area contributed by atoms with Gasteiger partial charge in [0.15, 0.2) is 0 Å². The van der Waals surface area contributed by atoms with Crippen molar-refractivity contribution in [2.75, 3.05) is 6.61 Å². The number of carbonyl (C=O) groups excluding carboxylic acids is 1. The number of carbonyl (C=O) groups is 1. The van der Waals surface area contributed by atoms with Crippen LogP contribution in [-0.4, -0.2) is 17.6 Å². The van der Waals surface area contributed by atoms with E-state index in [0.29, 0.717) is 6.42 Å². The molecule has 16 heavy (non-hydrogen) atoms. The van der Waals surface area contributed by atoms with Crippen molar-refractivity contribution in [3.63, 3.8) is 0 Å². The van der Waals surface area contributed by atoms with Gasteiger partial charge in [-0.05, 0) is 12.8 Å². The summed E-state index contributed by atoms with van der Waals surface area (Å²) < 4.78 is 0. The lowest BCUT2D eigenvalue weighted by Gasteiger charge is -2.11. The van der Waals surface area contributed by atoms with Gasteiger partial charge in [-0.2, -0.15) is 0 Å². The second-order valence-electron chi connectivity index (χ2n) is 4.52. The van der Waals surface area contributed by atoms with Crippen LogP contribution in [0.3, 0.4) is 0 Å². The highest BCUT2D eigenvalue weighted by molar-refractivity contribution is 5.76. The molecular weight excluding hydrogens is 202 g/mol. The fourth-order valence-corrected chi connectivity index (χ4v) is 1.93. The van der Waals surface area contributed by atoms with Crippen molar-refractivity contribution in [1.29, 1.82) is 0 Å². The molecule has 0 radical (unpaired) electrons. The van der Waals surface area contributed by atoms with Crippen LogP contribution in [0, 0.1) is 5.92 Å². The van der Waals surface area contributed by atoms with Crippen molar-refractivity contribution in [1.82, 2.24) is 0 Å². The Morgan fingerprint density at radius 3 is 2.12 bits per heavy atom. The smallest absolute Gasteiger partial charge is 0.220 e. The first-order valence-electron chi connectivity index (χ1n) is 6.62. The molecule has 0 rings (SSSR count). The van der Waals surface area contributed by atoms with Crippen LogP contribution in [0.15, 0.2) is 0 Å². The number of unbranched alkanes of at least 4 members (excludes halogenated alkanes) is 6. The Balaban J connectivity index is 3.37. The van der Waals surface area contributed by atoms with Gasteiger partial charge in [-0.3, -0.25) is 4.79 Å². The molecule has 0 aliphatic rings. The third-order valence-electron chi connectivity index (χ3n) is 3.04. The largest absolute Gasteiger partial charge is 0.396 e. The van der Waals surface area contributed by atoms with Crippen LogP contribution in [0.1, 0.15) is 64.7 Å². The Kier molecular flexibility index (Phi) is 10.5. The molecule has 0 aromatic heterocycles. The molecule has 1 unspecified atom stereocenters. The van der Waals surface area contributed by atoms with Crippen molar-refractivity contribution in [2.24, 2.45) is 11.7 Å². The lowest BCUT2D eigenvalue weighted by Crippen LogP contribution is -2.24. The first-order valence-corrected chi connectivity index (χ1v) is 6.62. The number of nitrogens with two attached hydrogens (primary N) is 1. The summed E-state index contributed by atoms with van der Waals surface area (Å²) in [7, 11) is 0.